The molecule has 2 N–H and O–H groups in total. The standard InChI is InChI=1S/C13H20F2N4/c1-16-12-10(14)6-11(15)13(18-12)17-7-9-4-3-5-19(2)8-9/h6,9H,3-5,7-8H2,1-2H3,(H2,16,17,18). The highest BCUT2D eigenvalue weighted by Gasteiger charge is 2.18. The van der Waals surface area contributed by atoms with E-state index >= 15 is 0 Å². The SMILES string of the molecule is CNc1nc(NCC2CCCN(C)C2)c(F)cc1F. The molecule has 1 aliphatic rings. The summed E-state index contributed by atoms with van der Waals surface area (Å²) in [5.41, 5.74) is 0. The number of aromatic nitrogens is 1. The Morgan fingerprint density at radius 2 is 2.11 bits per heavy atom. The first-order chi connectivity index (χ1) is 9.10. The molecule has 106 valence electrons. The van der Waals surface area contributed by atoms with E-state index in [0.717, 1.165) is 32.0 Å². The lowest BCUT2D eigenvalue weighted by molar-refractivity contribution is 0.217. The maximum Gasteiger partial charge on any atom is 0.168 e. The zero-order valence-corrected chi connectivity index (χ0v) is 11.3. The normalized spacial score (nSPS) is 20.3. The van der Waals surface area contributed by atoms with Crippen molar-refractivity contribution in [1.29, 1.82) is 0 Å². The van der Waals surface area contributed by atoms with Crippen LogP contribution in [0.1, 0.15) is 12.8 Å². The predicted molar refractivity (Wildman–Crippen MR) is 72.4 cm³/mol. The van der Waals surface area contributed by atoms with Gasteiger partial charge in [-0.15, -0.1) is 0 Å². The van der Waals surface area contributed by atoms with Crippen molar-refractivity contribution in [2.24, 2.45) is 5.92 Å². The number of pyridine rings is 1. The third kappa shape index (κ3) is 3.53. The summed E-state index contributed by atoms with van der Waals surface area (Å²) in [5.74, 6) is -0.685. The molecule has 2 rings (SSSR count). The van der Waals surface area contributed by atoms with Gasteiger partial charge < -0.3 is 15.5 Å². The van der Waals surface area contributed by atoms with Crippen LogP contribution in [-0.2, 0) is 0 Å². The molecule has 0 amide bonds. The molecule has 2 heterocycles. The van der Waals surface area contributed by atoms with E-state index in [9.17, 15) is 8.78 Å². The van der Waals surface area contributed by atoms with Gasteiger partial charge in [0.05, 0.1) is 0 Å². The zero-order chi connectivity index (χ0) is 13.8. The van der Waals surface area contributed by atoms with Crippen LogP contribution in [0.15, 0.2) is 6.07 Å². The Hall–Kier alpha value is -1.43. The largest absolute Gasteiger partial charge is 0.371 e. The molecule has 0 bridgehead atoms. The number of piperidine rings is 1. The van der Waals surface area contributed by atoms with Crippen molar-refractivity contribution in [1.82, 2.24) is 9.88 Å². The van der Waals surface area contributed by atoms with Gasteiger partial charge in [0.25, 0.3) is 0 Å². The van der Waals surface area contributed by atoms with Gasteiger partial charge in [0, 0.05) is 26.2 Å². The number of anilines is 2. The topological polar surface area (TPSA) is 40.2 Å². The van der Waals surface area contributed by atoms with Crippen molar-refractivity contribution >= 4 is 11.6 Å². The minimum Gasteiger partial charge on any atom is -0.371 e. The van der Waals surface area contributed by atoms with E-state index in [1.807, 2.05) is 0 Å². The van der Waals surface area contributed by atoms with Gasteiger partial charge in [-0.25, -0.2) is 13.8 Å². The lowest BCUT2D eigenvalue weighted by Gasteiger charge is -2.29. The van der Waals surface area contributed by atoms with Gasteiger partial charge in [-0.05, 0) is 32.4 Å². The molecule has 1 aromatic rings. The van der Waals surface area contributed by atoms with Gasteiger partial charge in [0.2, 0.25) is 0 Å². The van der Waals surface area contributed by atoms with E-state index in [2.05, 4.69) is 27.6 Å². The first kappa shape index (κ1) is 14.0. The molecule has 1 aliphatic heterocycles. The number of hydrogen-bond donors (Lipinski definition) is 2. The Balaban J connectivity index is 1.99. The fourth-order valence-corrected chi connectivity index (χ4v) is 2.45. The van der Waals surface area contributed by atoms with Crippen LogP contribution in [0.4, 0.5) is 20.4 Å². The smallest absolute Gasteiger partial charge is 0.168 e. The number of likely N-dealkylation sites (tertiary alicyclic amines) is 1. The quantitative estimate of drug-likeness (QED) is 0.879. The summed E-state index contributed by atoms with van der Waals surface area (Å²) < 4.78 is 26.9. The van der Waals surface area contributed by atoms with Crippen LogP contribution in [0.3, 0.4) is 0 Å². The molecule has 0 aromatic carbocycles. The average molecular weight is 270 g/mol. The molecule has 0 spiro atoms. The molecule has 1 unspecified atom stereocenters. The van der Waals surface area contributed by atoms with Crippen molar-refractivity contribution in [3.8, 4) is 0 Å². The second kappa shape index (κ2) is 6.14. The lowest BCUT2D eigenvalue weighted by Crippen LogP contribution is -2.35. The molecule has 1 saturated heterocycles. The van der Waals surface area contributed by atoms with Gasteiger partial charge in [0.15, 0.2) is 23.3 Å². The van der Waals surface area contributed by atoms with Gasteiger partial charge >= 0.3 is 0 Å². The van der Waals surface area contributed by atoms with Crippen LogP contribution in [0, 0.1) is 17.6 Å². The van der Waals surface area contributed by atoms with E-state index in [4.69, 9.17) is 0 Å². The maximum absolute atomic E-state index is 13.6. The number of hydrogen-bond acceptors (Lipinski definition) is 4. The zero-order valence-electron chi connectivity index (χ0n) is 11.3. The van der Waals surface area contributed by atoms with Gasteiger partial charge in [-0.1, -0.05) is 0 Å². The van der Waals surface area contributed by atoms with E-state index < -0.39 is 11.6 Å². The highest BCUT2D eigenvalue weighted by atomic mass is 19.1. The number of rotatable bonds is 4. The van der Waals surface area contributed by atoms with Crippen molar-refractivity contribution < 1.29 is 8.78 Å². The Bertz CT molecular complexity index is 439. The molecular formula is C13H20F2N4. The van der Waals surface area contributed by atoms with Gasteiger partial charge in [-0.3, -0.25) is 0 Å². The van der Waals surface area contributed by atoms with Crippen molar-refractivity contribution in [2.45, 2.75) is 12.8 Å². The van der Waals surface area contributed by atoms with Crippen molar-refractivity contribution in [2.75, 3.05) is 44.4 Å². The van der Waals surface area contributed by atoms with Crippen molar-refractivity contribution in [3.05, 3.63) is 17.7 Å². The van der Waals surface area contributed by atoms with E-state index in [0.29, 0.717) is 12.5 Å². The average Bonchev–Trinajstić information content (AvgIpc) is 2.38. The Morgan fingerprint density at radius 3 is 2.79 bits per heavy atom. The van der Waals surface area contributed by atoms with Crippen LogP contribution in [0.25, 0.3) is 0 Å². The third-order valence-electron chi connectivity index (χ3n) is 3.45. The molecule has 19 heavy (non-hydrogen) atoms. The second-order valence-corrected chi connectivity index (χ2v) is 5.05. The van der Waals surface area contributed by atoms with Crippen LogP contribution in [0.2, 0.25) is 0 Å². The summed E-state index contributed by atoms with van der Waals surface area (Å²) in [4.78, 5) is 6.18. The third-order valence-corrected chi connectivity index (χ3v) is 3.45. The number of halogens is 2. The van der Waals surface area contributed by atoms with E-state index in [1.165, 1.54) is 0 Å². The Morgan fingerprint density at radius 1 is 1.37 bits per heavy atom. The fourth-order valence-electron chi connectivity index (χ4n) is 2.45. The lowest BCUT2D eigenvalue weighted by atomic mass is 9.98. The van der Waals surface area contributed by atoms with E-state index in [1.54, 1.807) is 7.05 Å². The second-order valence-electron chi connectivity index (χ2n) is 5.05. The molecule has 1 fully saturated rings. The minimum absolute atomic E-state index is 0.0599. The molecule has 4 nitrogen and oxygen atoms in total. The van der Waals surface area contributed by atoms with Crippen molar-refractivity contribution in [3.63, 3.8) is 0 Å². The first-order valence-corrected chi connectivity index (χ1v) is 6.56. The summed E-state index contributed by atoms with van der Waals surface area (Å²) >= 11 is 0. The first-order valence-electron chi connectivity index (χ1n) is 6.56. The molecule has 0 aliphatic carbocycles. The highest BCUT2D eigenvalue weighted by molar-refractivity contribution is 5.47. The van der Waals surface area contributed by atoms with Crippen LogP contribution >= 0.6 is 0 Å². The highest BCUT2D eigenvalue weighted by Crippen LogP contribution is 2.20. The minimum atomic E-state index is -0.678. The molecular weight excluding hydrogens is 250 g/mol. The number of nitrogens with zero attached hydrogens (tertiary/aromatic N) is 2. The van der Waals surface area contributed by atoms with Gasteiger partial charge in [0.1, 0.15) is 0 Å². The summed E-state index contributed by atoms with van der Waals surface area (Å²) in [5, 5.41) is 5.59. The Labute approximate surface area is 112 Å². The molecule has 0 saturated carbocycles. The van der Waals surface area contributed by atoms with E-state index in [-0.39, 0.29) is 11.6 Å². The summed E-state index contributed by atoms with van der Waals surface area (Å²) in [6.45, 7) is 2.77. The maximum atomic E-state index is 13.6. The molecule has 0 radical (unpaired) electrons. The Kier molecular flexibility index (Phi) is 4.52. The predicted octanol–water partition coefficient (Wildman–Crippen LogP) is 2.16. The summed E-state index contributed by atoms with van der Waals surface area (Å²) in [6.07, 6.45) is 2.28. The van der Waals surface area contributed by atoms with Gasteiger partial charge in [-0.2, -0.15) is 0 Å². The summed E-state index contributed by atoms with van der Waals surface area (Å²) in [6, 6.07) is 0.855. The molecule has 1 aromatic heterocycles. The van der Waals surface area contributed by atoms with Crippen LogP contribution in [0.5, 0.6) is 0 Å². The van der Waals surface area contributed by atoms with Crippen LogP contribution in [-0.4, -0.2) is 43.6 Å². The molecule has 6 heteroatoms. The van der Waals surface area contributed by atoms with Crippen LogP contribution < -0.4 is 10.6 Å². The monoisotopic (exact) mass is 270 g/mol. The summed E-state index contributed by atoms with van der Waals surface area (Å²) in [7, 11) is 3.64. The molecule has 1 atom stereocenters. The number of nitrogens with one attached hydrogen (secondary N) is 2. The fraction of sp³-hybridized carbons (Fsp3) is 0.615.